The summed E-state index contributed by atoms with van der Waals surface area (Å²) in [4.78, 5) is 20.8. The van der Waals surface area contributed by atoms with Crippen LogP contribution >= 0.6 is 0 Å². The zero-order chi connectivity index (χ0) is 15.6. The maximum Gasteiger partial charge on any atom is 0.261 e. The van der Waals surface area contributed by atoms with E-state index in [2.05, 4.69) is 15.3 Å². The minimum atomic E-state index is -0.206. The van der Waals surface area contributed by atoms with Gasteiger partial charge in [-0.2, -0.15) is 0 Å². The standard InChI is InChI=1S/C18H19N3O2/c22-17(21-14-5-8-19-9-6-14)15-2-1-7-20-18(15)23-16-11-12-3-4-13(16)10-12/h1-2,5-9,12-13,16H,3-4,10-11H2,(H,19,21,22). The Balaban J connectivity index is 1.51. The Morgan fingerprint density at radius 2 is 2.00 bits per heavy atom. The highest BCUT2D eigenvalue weighted by atomic mass is 16.5. The van der Waals surface area contributed by atoms with E-state index in [0.29, 0.717) is 23.0 Å². The molecule has 0 radical (unpaired) electrons. The van der Waals surface area contributed by atoms with Gasteiger partial charge in [-0.1, -0.05) is 0 Å². The summed E-state index contributed by atoms with van der Waals surface area (Å²) >= 11 is 0. The maximum atomic E-state index is 12.5. The number of hydrogen-bond acceptors (Lipinski definition) is 4. The van der Waals surface area contributed by atoms with Crippen LogP contribution in [0.2, 0.25) is 0 Å². The average molecular weight is 309 g/mol. The van der Waals surface area contributed by atoms with Gasteiger partial charge in [0.15, 0.2) is 0 Å². The number of carbonyl (C=O) groups excluding carboxylic acids is 1. The van der Waals surface area contributed by atoms with Gasteiger partial charge < -0.3 is 10.1 Å². The van der Waals surface area contributed by atoms with E-state index >= 15 is 0 Å². The van der Waals surface area contributed by atoms with E-state index in [-0.39, 0.29) is 12.0 Å². The average Bonchev–Trinajstić information content (AvgIpc) is 3.19. The normalized spacial score (nSPS) is 25.3. The molecule has 23 heavy (non-hydrogen) atoms. The van der Waals surface area contributed by atoms with Crippen molar-refractivity contribution in [3.8, 4) is 5.88 Å². The van der Waals surface area contributed by atoms with Gasteiger partial charge in [0.25, 0.3) is 5.91 Å². The van der Waals surface area contributed by atoms with Crippen molar-refractivity contribution in [2.24, 2.45) is 11.8 Å². The third kappa shape index (κ3) is 2.91. The molecule has 2 fully saturated rings. The molecule has 0 aliphatic heterocycles. The topological polar surface area (TPSA) is 64.1 Å². The lowest BCUT2D eigenvalue weighted by Crippen LogP contribution is -2.25. The van der Waals surface area contributed by atoms with Crippen LogP contribution in [-0.4, -0.2) is 22.0 Å². The third-order valence-electron chi connectivity index (χ3n) is 4.89. The van der Waals surface area contributed by atoms with Crippen LogP contribution in [0.15, 0.2) is 42.9 Å². The molecule has 2 bridgehead atoms. The molecule has 1 amide bonds. The summed E-state index contributed by atoms with van der Waals surface area (Å²) in [7, 11) is 0. The lowest BCUT2D eigenvalue weighted by molar-refractivity contribution is 0.1000. The Bertz CT molecular complexity index is 704. The van der Waals surface area contributed by atoms with Gasteiger partial charge in [-0.15, -0.1) is 0 Å². The molecule has 2 aromatic rings. The minimum Gasteiger partial charge on any atom is -0.473 e. The Hall–Kier alpha value is -2.43. The molecular weight excluding hydrogens is 290 g/mol. The molecule has 2 saturated carbocycles. The van der Waals surface area contributed by atoms with Crippen molar-refractivity contribution < 1.29 is 9.53 Å². The van der Waals surface area contributed by atoms with Crippen molar-refractivity contribution in [1.29, 1.82) is 0 Å². The van der Waals surface area contributed by atoms with Crippen LogP contribution in [0.25, 0.3) is 0 Å². The molecule has 2 aliphatic carbocycles. The van der Waals surface area contributed by atoms with Gasteiger partial charge in [-0.25, -0.2) is 4.98 Å². The number of hydrogen-bond donors (Lipinski definition) is 1. The minimum absolute atomic E-state index is 0.205. The summed E-state index contributed by atoms with van der Waals surface area (Å²) < 4.78 is 6.11. The summed E-state index contributed by atoms with van der Waals surface area (Å²) in [5, 5.41) is 2.86. The smallest absolute Gasteiger partial charge is 0.261 e. The van der Waals surface area contributed by atoms with Gasteiger partial charge in [0, 0.05) is 24.3 Å². The first-order valence-corrected chi connectivity index (χ1v) is 8.12. The second-order valence-electron chi connectivity index (χ2n) is 6.38. The molecule has 2 aliphatic rings. The predicted octanol–water partition coefficient (Wildman–Crippen LogP) is 3.30. The number of amides is 1. The Kier molecular flexibility index (Phi) is 3.69. The van der Waals surface area contributed by atoms with Crippen molar-refractivity contribution in [2.75, 3.05) is 5.32 Å². The van der Waals surface area contributed by atoms with E-state index in [1.54, 1.807) is 42.9 Å². The fourth-order valence-electron chi connectivity index (χ4n) is 3.77. The SMILES string of the molecule is O=C(Nc1ccncc1)c1cccnc1OC1CC2CCC1C2. The summed E-state index contributed by atoms with van der Waals surface area (Å²) in [6.07, 6.45) is 10.1. The number of rotatable bonds is 4. The second-order valence-corrected chi connectivity index (χ2v) is 6.38. The highest BCUT2D eigenvalue weighted by Crippen LogP contribution is 2.46. The predicted molar refractivity (Wildman–Crippen MR) is 86.3 cm³/mol. The van der Waals surface area contributed by atoms with Crippen LogP contribution in [0.5, 0.6) is 5.88 Å². The zero-order valence-electron chi connectivity index (χ0n) is 12.8. The second kappa shape index (κ2) is 5.99. The molecule has 2 heterocycles. The number of pyridine rings is 2. The van der Waals surface area contributed by atoms with Gasteiger partial charge in [-0.3, -0.25) is 9.78 Å². The van der Waals surface area contributed by atoms with Crippen LogP contribution < -0.4 is 10.1 Å². The van der Waals surface area contributed by atoms with Gasteiger partial charge in [0.05, 0.1) is 0 Å². The van der Waals surface area contributed by atoms with E-state index in [4.69, 9.17) is 4.74 Å². The van der Waals surface area contributed by atoms with Crippen LogP contribution in [-0.2, 0) is 0 Å². The molecule has 1 N–H and O–H groups in total. The lowest BCUT2D eigenvalue weighted by atomic mass is 9.98. The van der Waals surface area contributed by atoms with E-state index in [1.165, 1.54) is 19.3 Å². The van der Waals surface area contributed by atoms with Crippen molar-refractivity contribution in [3.63, 3.8) is 0 Å². The van der Waals surface area contributed by atoms with Crippen LogP contribution in [0.1, 0.15) is 36.0 Å². The van der Waals surface area contributed by atoms with E-state index in [9.17, 15) is 4.79 Å². The molecule has 0 saturated heterocycles. The Morgan fingerprint density at radius 1 is 1.13 bits per heavy atom. The van der Waals surface area contributed by atoms with Gasteiger partial charge in [0.2, 0.25) is 5.88 Å². The van der Waals surface area contributed by atoms with E-state index in [0.717, 1.165) is 12.3 Å². The lowest BCUT2D eigenvalue weighted by Gasteiger charge is -2.23. The Labute approximate surface area is 135 Å². The number of nitrogens with zero attached hydrogens (tertiary/aromatic N) is 2. The molecule has 3 unspecified atom stereocenters. The van der Waals surface area contributed by atoms with E-state index < -0.39 is 0 Å². The van der Waals surface area contributed by atoms with Gasteiger partial charge >= 0.3 is 0 Å². The Morgan fingerprint density at radius 3 is 2.74 bits per heavy atom. The number of anilines is 1. The highest BCUT2D eigenvalue weighted by molar-refractivity contribution is 6.05. The van der Waals surface area contributed by atoms with Crippen molar-refractivity contribution in [1.82, 2.24) is 9.97 Å². The first kappa shape index (κ1) is 14.2. The van der Waals surface area contributed by atoms with Crippen LogP contribution in [0.3, 0.4) is 0 Å². The number of carbonyl (C=O) groups is 1. The third-order valence-corrected chi connectivity index (χ3v) is 4.89. The van der Waals surface area contributed by atoms with Gasteiger partial charge in [0.1, 0.15) is 11.7 Å². The molecule has 5 heteroatoms. The quantitative estimate of drug-likeness (QED) is 0.941. The maximum absolute atomic E-state index is 12.5. The van der Waals surface area contributed by atoms with Crippen molar-refractivity contribution in [3.05, 3.63) is 48.4 Å². The summed E-state index contributed by atoms with van der Waals surface area (Å²) in [5.41, 5.74) is 1.19. The van der Waals surface area contributed by atoms with Crippen LogP contribution in [0, 0.1) is 11.8 Å². The molecule has 3 atom stereocenters. The molecule has 4 rings (SSSR count). The molecular formula is C18H19N3O2. The van der Waals surface area contributed by atoms with Gasteiger partial charge in [-0.05, 0) is 61.8 Å². The number of fused-ring (bicyclic) bond motifs is 2. The summed E-state index contributed by atoms with van der Waals surface area (Å²) in [5.74, 6) is 1.65. The first-order valence-electron chi connectivity index (χ1n) is 8.12. The fourth-order valence-corrected chi connectivity index (χ4v) is 3.77. The molecule has 2 aromatic heterocycles. The summed E-state index contributed by atoms with van der Waals surface area (Å²) in [6.45, 7) is 0. The molecule has 0 spiro atoms. The van der Waals surface area contributed by atoms with E-state index in [1.807, 2.05) is 0 Å². The summed E-state index contributed by atoms with van der Waals surface area (Å²) in [6, 6.07) is 7.02. The number of ether oxygens (including phenoxy) is 1. The number of nitrogens with one attached hydrogen (secondary N) is 1. The van der Waals surface area contributed by atoms with Crippen molar-refractivity contribution in [2.45, 2.75) is 31.8 Å². The largest absolute Gasteiger partial charge is 0.473 e. The highest BCUT2D eigenvalue weighted by Gasteiger charge is 2.41. The van der Waals surface area contributed by atoms with Crippen molar-refractivity contribution >= 4 is 11.6 Å². The first-order chi connectivity index (χ1) is 11.3. The fraction of sp³-hybridized carbons (Fsp3) is 0.389. The molecule has 0 aromatic carbocycles. The molecule has 118 valence electrons. The number of aromatic nitrogens is 2. The monoisotopic (exact) mass is 309 g/mol. The molecule has 5 nitrogen and oxygen atoms in total. The van der Waals surface area contributed by atoms with Crippen LogP contribution in [0.4, 0.5) is 5.69 Å². The zero-order valence-corrected chi connectivity index (χ0v) is 12.8.